The van der Waals surface area contributed by atoms with Gasteiger partial charge in [0.25, 0.3) is 0 Å². The molecular formula is C10H21N3. The SMILES string of the molecule is CC/C=C/NN=NCCCCCC. The molecule has 1 N–H and O–H groups in total. The Hall–Kier alpha value is -0.860. The minimum atomic E-state index is 0.840. The molecule has 0 fully saturated rings. The molecule has 0 aliphatic heterocycles. The summed E-state index contributed by atoms with van der Waals surface area (Å²) in [6.07, 6.45) is 9.84. The number of nitrogens with zero attached hydrogens (tertiary/aromatic N) is 2. The zero-order valence-corrected chi connectivity index (χ0v) is 8.79. The van der Waals surface area contributed by atoms with Crippen molar-refractivity contribution in [1.29, 1.82) is 0 Å². The first-order valence-corrected chi connectivity index (χ1v) is 5.18. The van der Waals surface area contributed by atoms with Crippen LogP contribution in [0, 0.1) is 0 Å². The molecule has 0 aromatic carbocycles. The average molecular weight is 183 g/mol. The molecule has 0 atom stereocenters. The summed E-state index contributed by atoms with van der Waals surface area (Å²) in [5.41, 5.74) is 2.75. The van der Waals surface area contributed by atoms with E-state index < -0.39 is 0 Å². The third-order valence-electron chi connectivity index (χ3n) is 1.67. The van der Waals surface area contributed by atoms with E-state index in [0.29, 0.717) is 0 Å². The van der Waals surface area contributed by atoms with Crippen LogP contribution < -0.4 is 5.43 Å². The fourth-order valence-electron chi connectivity index (χ4n) is 0.904. The summed E-state index contributed by atoms with van der Waals surface area (Å²) in [6.45, 7) is 5.13. The summed E-state index contributed by atoms with van der Waals surface area (Å²) in [4.78, 5) is 0. The lowest BCUT2D eigenvalue weighted by molar-refractivity contribution is 0.652. The van der Waals surface area contributed by atoms with E-state index in [1.165, 1.54) is 19.3 Å². The highest BCUT2D eigenvalue weighted by Crippen LogP contribution is 1.98. The van der Waals surface area contributed by atoms with Crippen molar-refractivity contribution in [2.24, 2.45) is 10.3 Å². The van der Waals surface area contributed by atoms with Crippen molar-refractivity contribution in [3.63, 3.8) is 0 Å². The Bertz CT molecular complexity index is 141. The van der Waals surface area contributed by atoms with Crippen molar-refractivity contribution in [2.45, 2.75) is 46.0 Å². The van der Waals surface area contributed by atoms with Crippen LogP contribution in [0.25, 0.3) is 0 Å². The van der Waals surface area contributed by atoms with Crippen LogP contribution in [0.1, 0.15) is 46.0 Å². The Labute approximate surface area is 81.3 Å². The average Bonchev–Trinajstić information content (AvgIpc) is 2.16. The predicted molar refractivity (Wildman–Crippen MR) is 56.4 cm³/mol. The quantitative estimate of drug-likeness (QED) is 0.349. The van der Waals surface area contributed by atoms with Crippen LogP contribution in [-0.4, -0.2) is 6.54 Å². The van der Waals surface area contributed by atoms with E-state index in [2.05, 4.69) is 29.6 Å². The van der Waals surface area contributed by atoms with Crippen molar-refractivity contribution >= 4 is 0 Å². The Morgan fingerprint density at radius 2 is 2.00 bits per heavy atom. The smallest absolute Gasteiger partial charge is 0.0620 e. The van der Waals surface area contributed by atoms with Gasteiger partial charge in [0.1, 0.15) is 0 Å². The third kappa shape index (κ3) is 11.1. The number of allylic oxidation sites excluding steroid dienone is 1. The topological polar surface area (TPSA) is 36.8 Å². The van der Waals surface area contributed by atoms with Crippen molar-refractivity contribution in [3.8, 4) is 0 Å². The largest absolute Gasteiger partial charge is 0.268 e. The maximum absolute atomic E-state index is 3.98. The van der Waals surface area contributed by atoms with E-state index in [4.69, 9.17) is 0 Å². The highest BCUT2D eigenvalue weighted by molar-refractivity contribution is 4.74. The molecule has 0 aliphatic carbocycles. The van der Waals surface area contributed by atoms with E-state index in [1.807, 2.05) is 12.3 Å². The molecule has 0 rings (SSSR count). The van der Waals surface area contributed by atoms with Crippen LogP contribution in [0.3, 0.4) is 0 Å². The monoisotopic (exact) mass is 183 g/mol. The first kappa shape index (κ1) is 12.1. The summed E-state index contributed by atoms with van der Waals surface area (Å²) in [6, 6.07) is 0. The summed E-state index contributed by atoms with van der Waals surface area (Å²) in [5, 5.41) is 7.77. The lowest BCUT2D eigenvalue weighted by atomic mass is 10.2. The van der Waals surface area contributed by atoms with Crippen LogP contribution in [0.5, 0.6) is 0 Å². The molecule has 3 nitrogen and oxygen atoms in total. The highest BCUT2D eigenvalue weighted by Gasteiger charge is 1.84. The van der Waals surface area contributed by atoms with Crippen molar-refractivity contribution < 1.29 is 0 Å². The molecule has 0 radical (unpaired) electrons. The molecule has 0 spiro atoms. The Morgan fingerprint density at radius 3 is 2.69 bits per heavy atom. The molecule has 0 aromatic rings. The predicted octanol–water partition coefficient (Wildman–Crippen LogP) is 3.45. The van der Waals surface area contributed by atoms with Gasteiger partial charge in [0.2, 0.25) is 0 Å². The Kier molecular flexibility index (Phi) is 10.4. The lowest BCUT2D eigenvalue weighted by Gasteiger charge is -1.93. The number of unbranched alkanes of at least 4 members (excludes halogenated alkanes) is 3. The third-order valence-corrected chi connectivity index (χ3v) is 1.67. The normalized spacial score (nSPS) is 11.5. The first-order chi connectivity index (χ1) is 6.41. The van der Waals surface area contributed by atoms with Crippen LogP contribution in [0.15, 0.2) is 22.6 Å². The summed E-state index contributed by atoms with van der Waals surface area (Å²) >= 11 is 0. The molecule has 0 amide bonds. The fourth-order valence-corrected chi connectivity index (χ4v) is 0.904. The van der Waals surface area contributed by atoms with Gasteiger partial charge in [-0.15, -0.1) is 0 Å². The summed E-state index contributed by atoms with van der Waals surface area (Å²) in [7, 11) is 0. The standard InChI is InChI=1S/C10H21N3/c1-3-5-7-8-10-12-13-11-9-6-4-2/h6,9H,3-5,7-8,10H2,1-2H3,(H,11,12)/b9-6+. The summed E-state index contributed by atoms with van der Waals surface area (Å²) < 4.78 is 0. The summed E-state index contributed by atoms with van der Waals surface area (Å²) in [5.74, 6) is 0. The number of nitrogens with one attached hydrogen (secondary N) is 1. The van der Waals surface area contributed by atoms with Crippen LogP contribution in [0.4, 0.5) is 0 Å². The minimum absolute atomic E-state index is 0.840. The molecule has 0 saturated carbocycles. The van der Waals surface area contributed by atoms with E-state index >= 15 is 0 Å². The number of hydrogen-bond donors (Lipinski definition) is 1. The van der Waals surface area contributed by atoms with Gasteiger partial charge in [-0.25, -0.2) is 0 Å². The second-order valence-electron chi connectivity index (χ2n) is 2.97. The molecule has 0 aliphatic rings. The Morgan fingerprint density at radius 1 is 1.15 bits per heavy atom. The second-order valence-corrected chi connectivity index (χ2v) is 2.97. The molecule has 0 heterocycles. The van der Waals surface area contributed by atoms with E-state index in [-0.39, 0.29) is 0 Å². The van der Waals surface area contributed by atoms with Crippen molar-refractivity contribution in [3.05, 3.63) is 12.3 Å². The molecule has 0 unspecified atom stereocenters. The van der Waals surface area contributed by atoms with Crippen molar-refractivity contribution in [1.82, 2.24) is 5.43 Å². The van der Waals surface area contributed by atoms with Gasteiger partial charge in [0, 0.05) is 6.20 Å². The molecule has 13 heavy (non-hydrogen) atoms. The molecular weight excluding hydrogens is 162 g/mol. The van der Waals surface area contributed by atoms with Gasteiger partial charge < -0.3 is 0 Å². The molecule has 0 aromatic heterocycles. The van der Waals surface area contributed by atoms with E-state index in [9.17, 15) is 0 Å². The second kappa shape index (κ2) is 11.1. The molecule has 0 saturated heterocycles. The first-order valence-electron chi connectivity index (χ1n) is 5.18. The fraction of sp³-hybridized carbons (Fsp3) is 0.800. The van der Waals surface area contributed by atoms with E-state index in [0.717, 1.165) is 19.4 Å². The maximum Gasteiger partial charge on any atom is 0.0620 e. The van der Waals surface area contributed by atoms with Gasteiger partial charge in [-0.1, -0.05) is 44.4 Å². The minimum Gasteiger partial charge on any atom is -0.268 e. The lowest BCUT2D eigenvalue weighted by Crippen LogP contribution is -1.91. The number of rotatable bonds is 8. The van der Waals surface area contributed by atoms with Gasteiger partial charge in [0.15, 0.2) is 0 Å². The van der Waals surface area contributed by atoms with Crippen LogP contribution in [0.2, 0.25) is 0 Å². The molecule has 0 bridgehead atoms. The number of hydrogen-bond acceptors (Lipinski definition) is 2. The van der Waals surface area contributed by atoms with E-state index in [1.54, 1.807) is 0 Å². The molecule has 3 heteroatoms. The Balaban J connectivity index is 3.08. The zero-order chi connectivity index (χ0) is 9.78. The van der Waals surface area contributed by atoms with Gasteiger partial charge in [-0.2, -0.15) is 5.11 Å². The van der Waals surface area contributed by atoms with Crippen molar-refractivity contribution in [2.75, 3.05) is 6.54 Å². The zero-order valence-electron chi connectivity index (χ0n) is 8.79. The highest BCUT2D eigenvalue weighted by atomic mass is 15.4. The van der Waals surface area contributed by atoms with Crippen LogP contribution >= 0.6 is 0 Å². The van der Waals surface area contributed by atoms with Crippen LogP contribution in [-0.2, 0) is 0 Å². The van der Waals surface area contributed by atoms with Gasteiger partial charge in [-0.3, -0.25) is 5.43 Å². The molecule has 76 valence electrons. The maximum atomic E-state index is 3.98. The van der Waals surface area contributed by atoms with Gasteiger partial charge in [0.05, 0.1) is 6.54 Å². The van der Waals surface area contributed by atoms with Gasteiger partial charge >= 0.3 is 0 Å². The van der Waals surface area contributed by atoms with Gasteiger partial charge in [-0.05, 0) is 12.8 Å².